The molecule has 1 aromatic carbocycles. The second-order valence-electron chi connectivity index (χ2n) is 6.03. The molecule has 5 heteroatoms. The summed E-state index contributed by atoms with van der Waals surface area (Å²) in [6.45, 7) is 2.72. The Balaban J connectivity index is 1.52. The lowest BCUT2D eigenvalue weighted by Gasteiger charge is -2.22. The smallest absolute Gasteiger partial charge is 0.227 e. The van der Waals surface area contributed by atoms with Crippen molar-refractivity contribution < 1.29 is 9.59 Å². The van der Waals surface area contributed by atoms with Crippen LogP contribution >= 0.6 is 11.3 Å². The molecular weight excluding hydrogens is 320 g/mol. The van der Waals surface area contributed by atoms with Gasteiger partial charge in [-0.05, 0) is 23.4 Å². The minimum absolute atomic E-state index is 0.147. The summed E-state index contributed by atoms with van der Waals surface area (Å²) in [6, 6.07) is 13.8. The first-order valence-corrected chi connectivity index (χ1v) is 9.22. The summed E-state index contributed by atoms with van der Waals surface area (Å²) in [4.78, 5) is 29.8. The van der Waals surface area contributed by atoms with Gasteiger partial charge in [-0.2, -0.15) is 0 Å². The summed E-state index contributed by atoms with van der Waals surface area (Å²) in [5.74, 6) is 0.309. The SMILES string of the molecule is O=C(Cc1ccccc1)N1CCCN(C(=O)Cc2cccs2)CC1. The van der Waals surface area contributed by atoms with Crippen molar-refractivity contribution in [3.05, 3.63) is 58.3 Å². The summed E-state index contributed by atoms with van der Waals surface area (Å²) < 4.78 is 0. The van der Waals surface area contributed by atoms with Crippen LogP contribution < -0.4 is 0 Å². The lowest BCUT2D eigenvalue weighted by molar-refractivity contribution is -0.132. The van der Waals surface area contributed by atoms with E-state index < -0.39 is 0 Å². The van der Waals surface area contributed by atoms with Crippen LogP contribution in [0.3, 0.4) is 0 Å². The van der Waals surface area contributed by atoms with Gasteiger partial charge in [0, 0.05) is 31.1 Å². The maximum atomic E-state index is 12.5. The van der Waals surface area contributed by atoms with Crippen LogP contribution in [0.5, 0.6) is 0 Å². The van der Waals surface area contributed by atoms with Crippen LogP contribution in [-0.4, -0.2) is 47.8 Å². The molecule has 2 heterocycles. The minimum atomic E-state index is 0.147. The fraction of sp³-hybridized carbons (Fsp3) is 0.368. The van der Waals surface area contributed by atoms with Gasteiger partial charge in [0.25, 0.3) is 0 Å². The van der Waals surface area contributed by atoms with E-state index >= 15 is 0 Å². The van der Waals surface area contributed by atoms with Crippen LogP contribution in [-0.2, 0) is 22.4 Å². The molecule has 3 rings (SSSR count). The number of rotatable bonds is 4. The summed E-state index contributed by atoms with van der Waals surface area (Å²) in [6.07, 6.45) is 1.75. The lowest BCUT2D eigenvalue weighted by Crippen LogP contribution is -2.38. The van der Waals surface area contributed by atoms with E-state index in [1.54, 1.807) is 11.3 Å². The molecule has 126 valence electrons. The second kappa shape index (κ2) is 8.11. The van der Waals surface area contributed by atoms with Crippen molar-refractivity contribution in [2.24, 2.45) is 0 Å². The molecule has 4 nitrogen and oxygen atoms in total. The van der Waals surface area contributed by atoms with Gasteiger partial charge in [0.05, 0.1) is 12.8 Å². The maximum absolute atomic E-state index is 12.5. The van der Waals surface area contributed by atoms with Crippen molar-refractivity contribution >= 4 is 23.2 Å². The maximum Gasteiger partial charge on any atom is 0.227 e. The lowest BCUT2D eigenvalue weighted by atomic mass is 10.1. The monoisotopic (exact) mass is 342 g/mol. The average molecular weight is 342 g/mol. The molecule has 2 aromatic rings. The van der Waals surface area contributed by atoms with Gasteiger partial charge in [0.2, 0.25) is 11.8 Å². The Morgan fingerprint density at radius 2 is 1.50 bits per heavy atom. The molecule has 0 unspecified atom stereocenters. The molecule has 0 spiro atoms. The van der Waals surface area contributed by atoms with Crippen molar-refractivity contribution in [3.8, 4) is 0 Å². The Kier molecular flexibility index (Phi) is 5.64. The van der Waals surface area contributed by atoms with Crippen molar-refractivity contribution in [1.82, 2.24) is 9.80 Å². The molecule has 1 saturated heterocycles. The van der Waals surface area contributed by atoms with E-state index in [4.69, 9.17) is 0 Å². The van der Waals surface area contributed by atoms with Gasteiger partial charge in [-0.3, -0.25) is 9.59 Å². The third kappa shape index (κ3) is 4.45. The van der Waals surface area contributed by atoms with Crippen LogP contribution in [0.4, 0.5) is 0 Å². The molecule has 1 aliphatic heterocycles. The van der Waals surface area contributed by atoms with Crippen LogP contribution in [0.15, 0.2) is 47.8 Å². The zero-order chi connectivity index (χ0) is 16.8. The first kappa shape index (κ1) is 16.7. The van der Waals surface area contributed by atoms with Crippen molar-refractivity contribution in [2.45, 2.75) is 19.3 Å². The highest BCUT2D eigenvalue weighted by molar-refractivity contribution is 7.10. The third-order valence-corrected chi connectivity index (χ3v) is 5.18. The molecule has 2 amide bonds. The van der Waals surface area contributed by atoms with Crippen LogP contribution in [0.1, 0.15) is 16.9 Å². The number of amides is 2. The van der Waals surface area contributed by atoms with E-state index in [-0.39, 0.29) is 11.8 Å². The summed E-state index contributed by atoms with van der Waals surface area (Å²) in [5, 5.41) is 2.00. The van der Waals surface area contributed by atoms with Gasteiger partial charge >= 0.3 is 0 Å². The van der Waals surface area contributed by atoms with E-state index in [0.29, 0.717) is 25.9 Å². The molecular formula is C19H22N2O2S. The fourth-order valence-electron chi connectivity index (χ4n) is 2.97. The van der Waals surface area contributed by atoms with Crippen LogP contribution in [0, 0.1) is 0 Å². The zero-order valence-electron chi connectivity index (χ0n) is 13.7. The standard InChI is InChI=1S/C19H22N2O2S/c22-18(14-16-6-2-1-3-7-16)20-9-5-10-21(12-11-20)19(23)15-17-8-4-13-24-17/h1-4,6-8,13H,5,9-12,14-15H2. The van der Waals surface area contributed by atoms with Crippen molar-refractivity contribution in [2.75, 3.05) is 26.2 Å². The second-order valence-corrected chi connectivity index (χ2v) is 7.07. The largest absolute Gasteiger partial charge is 0.341 e. The van der Waals surface area contributed by atoms with Crippen LogP contribution in [0.2, 0.25) is 0 Å². The molecule has 1 aliphatic rings. The van der Waals surface area contributed by atoms with Gasteiger partial charge in [-0.25, -0.2) is 0 Å². The predicted molar refractivity (Wildman–Crippen MR) is 95.9 cm³/mol. The number of hydrogen-bond acceptors (Lipinski definition) is 3. The number of hydrogen-bond donors (Lipinski definition) is 0. The van der Waals surface area contributed by atoms with Gasteiger partial charge in [0.1, 0.15) is 0 Å². The average Bonchev–Trinajstić information content (AvgIpc) is 2.96. The minimum Gasteiger partial charge on any atom is -0.341 e. The molecule has 0 N–H and O–H groups in total. The highest BCUT2D eigenvalue weighted by atomic mass is 32.1. The Hall–Kier alpha value is -2.14. The number of carbonyl (C=O) groups excluding carboxylic acids is 2. The fourth-order valence-corrected chi connectivity index (χ4v) is 3.67. The van der Waals surface area contributed by atoms with E-state index in [1.165, 1.54) is 0 Å². The molecule has 0 aliphatic carbocycles. The van der Waals surface area contributed by atoms with Crippen molar-refractivity contribution in [1.29, 1.82) is 0 Å². The van der Waals surface area contributed by atoms with Gasteiger partial charge in [0.15, 0.2) is 0 Å². The number of nitrogens with zero attached hydrogens (tertiary/aromatic N) is 2. The van der Waals surface area contributed by atoms with Crippen LogP contribution in [0.25, 0.3) is 0 Å². The quantitative estimate of drug-likeness (QED) is 0.857. The third-order valence-electron chi connectivity index (χ3n) is 4.31. The molecule has 1 aromatic heterocycles. The Bertz CT molecular complexity index is 670. The number of carbonyl (C=O) groups is 2. The molecule has 0 bridgehead atoms. The van der Waals surface area contributed by atoms with E-state index in [1.807, 2.05) is 57.6 Å². The first-order valence-electron chi connectivity index (χ1n) is 8.34. The molecule has 24 heavy (non-hydrogen) atoms. The summed E-state index contributed by atoms with van der Waals surface area (Å²) in [7, 11) is 0. The van der Waals surface area contributed by atoms with Gasteiger partial charge < -0.3 is 9.80 Å². The predicted octanol–water partition coefficient (Wildman–Crippen LogP) is 2.59. The van der Waals surface area contributed by atoms with Crippen molar-refractivity contribution in [3.63, 3.8) is 0 Å². The first-order chi connectivity index (χ1) is 11.7. The summed E-state index contributed by atoms with van der Waals surface area (Å²) in [5.41, 5.74) is 1.04. The Morgan fingerprint density at radius 3 is 2.12 bits per heavy atom. The number of thiophene rings is 1. The van der Waals surface area contributed by atoms with E-state index in [2.05, 4.69) is 0 Å². The topological polar surface area (TPSA) is 40.6 Å². The molecule has 0 atom stereocenters. The normalized spacial score (nSPS) is 15.2. The molecule has 1 fully saturated rings. The van der Waals surface area contributed by atoms with E-state index in [9.17, 15) is 9.59 Å². The molecule has 0 radical (unpaired) electrons. The molecule has 0 saturated carbocycles. The zero-order valence-corrected chi connectivity index (χ0v) is 14.5. The van der Waals surface area contributed by atoms with Gasteiger partial charge in [-0.1, -0.05) is 36.4 Å². The Morgan fingerprint density at radius 1 is 0.833 bits per heavy atom. The Labute approximate surface area is 146 Å². The number of benzene rings is 1. The summed E-state index contributed by atoms with van der Waals surface area (Å²) >= 11 is 1.62. The highest BCUT2D eigenvalue weighted by Gasteiger charge is 2.22. The van der Waals surface area contributed by atoms with E-state index in [0.717, 1.165) is 30.0 Å². The van der Waals surface area contributed by atoms with Gasteiger partial charge in [-0.15, -0.1) is 11.3 Å². The highest BCUT2D eigenvalue weighted by Crippen LogP contribution is 2.13.